The molecule has 2 heterocycles. The Bertz CT molecular complexity index is 1110. The number of hydrogen-bond donors (Lipinski definition) is 0. The molecular weight excluding hydrogens is 625 g/mol. The van der Waals surface area contributed by atoms with E-state index in [9.17, 15) is 4.79 Å². The molecule has 2 aliphatic heterocycles. The van der Waals surface area contributed by atoms with Gasteiger partial charge in [0.05, 0.1) is 32.0 Å². The maximum absolute atomic E-state index is 12.3. The van der Waals surface area contributed by atoms with E-state index in [0.717, 1.165) is 75.1 Å². The van der Waals surface area contributed by atoms with E-state index in [1.807, 2.05) is 24.3 Å². The van der Waals surface area contributed by atoms with Crippen molar-refractivity contribution in [3.8, 4) is 11.5 Å². The van der Waals surface area contributed by atoms with Gasteiger partial charge in [-0.1, -0.05) is 53.0 Å². The Morgan fingerprint density at radius 2 is 1.60 bits per heavy atom. The number of rotatable bonds is 19. The lowest BCUT2D eigenvalue weighted by Gasteiger charge is -2.40. The Hall–Kier alpha value is -1.91. The Labute approximate surface area is 291 Å². The van der Waals surface area contributed by atoms with E-state index >= 15 is 0 Å². The fraction of sp³-hybridized carbons (Fsp3) is 0.769. The van der Waals surface area contributed by atoms with Crippen molar-refractivity contribution < 1.29 is 37.6 Å². The number of ether oxygens (including phenoxy) is 6. The van der Waals surface area contributed by atoms with Crippen LogP contribution in [0.25, 0.3) is 0 Å². The lowest BCUT2D eigenvalue weighted by Crippen LogP contribution is -2.45. The molecule has 2 saturated heterocycles. The lowest BCUT2D eigenvalue weighted by atomic mass is 9.88. The van der Waals surface area contributed by atoms with E-state index in [1.165, 1.54) is 19.3 Å². The molecule has 2 unspecified atom stereocenters. The van der Waals surface area contributed by atoms with Crippen LogP contribution in [0.4, 0.5) is 0 Å². The highest BCUT2D eigenvalue weighted by Crippen LogP contribution is 2.48. The van der Waals surface area contributed by atoms with Gasteiger partial charge in [-0.25, -0.2) is 0 Å². The van der Waals surface area contributed by atoms with E-state index in [2.05, 4.69) is 46.9 Å². The largest absolute Gasteiger partial charge is 0.493 e. The Kier molecular flexibility index (Phi) is 15.8. The molecule has 0 bridgehead atoms. The van der Waals surface area contributed by atoms with Gasteiger partial charge in [0.25, 0.3) is 0 Å². The van der Waals surface area contributed by atoms with Crippen molar-refractivity contribution in [1.29, 1.82) is 0 Å². The normalized spacial score (nSPS) is 27.1. The number of carbonyl (C=O) groups is 1. The molecule has 6 atom stereocenters. The number of benzene rings is 1. The van der Waals surface area contributed by atoms with Gasteiger partial charge < -0.3 is 37.6 Å². The third kappa shape index (κ3) is 11.9. The smallest absolute Gasteiger partial charge is 0.199 e. The summed E-state index contributed by atoms with van der Waals surface area (Å²) in [4.78, 5) is 12.3. The van der Waals surface area contributed by atoms with Gasteiger partial charge in [0.15, 0.2) is 20.9 Å². The second-order valence-electron chi connectivity index (χ2n) is 15.3. The van der Waals surface area contributed by atoms with Crippen molar-refractivity contribution in [3.05, 3.63) is 36.1 Å². The van der Waals surface area contributed by atoms with Gasteiger partial charge in [-0.05, 0) is 81.3 Å². The van der Waals surface area contributed by atoms with Gasteiger partial charge in [0.1, 0.15) is 23.5 Å². The van der Waals surface area contributed by atoms with Crippen molar-refractivity contribution in [2.45, 2.75) is 154 Å². The molecule has 272 valence electrons. The molecule has 3 fully saturated rings. The summed E-state index contributed by atoms with van der Waals surface area (Å²) in [6, 6.07) is 7.88. The molecule has 4 rings (SSSR count). The van der Waals surface area contributed by atoms with E-state index in [4.69, 9.17) is 32.8 Å². The van der Waals surface area contributed by atoms with E-state index in [1.54, 1.807) is 0 Å². The average molecular weight is 689 g/mol. The molecule has 3 aliphatic rings. The summed E-state index contributed by atoms with van der Waals surface area (Å²) in [7, 11) is -2.14. The molecule has 48 heavy (non-hydrogen) atoms. The first-order valence-electron chi connectivity index (χ1n) is 18.8. The van der Waals surface area contributed by atoms with Crippen LogP contribution in [0.1, 0.15) is 111 Å². The molecule has 1 aliphatic carbocycles. The Balaban J connectivity index is 1.53. The highest BCUT2D eigenvalue weighted by atomic mass is 28.4. The first kappa shape index (κ1) is 38.9. The first-order valence-corrected chi connectivity index (χ1v) is 21.7. The van der Waals surface area contributed by atoms with Crippen molar-refractivity contribution >= 4 is 14.6 Å². The minimum absolute atomic E-state index is 0.0412. The van der Waals surface area contributed by atoms with Crippen LogP contribution in [0, 0.1) is 11.8 Å². The molecule has 0 amide bonds. The summed E-state index contributed by atoms with van der Waals surface area (Å²) in [5.41, 5.74) is 0. The maximum atomic E-state index is 12.3. The molecule has 0 spiro atoms. The summed E-state index contributed by atoms with van der Waals surface area (Å²) < 4.78 is 44.9. The topological polar surface area (TPSA) is 81.7 Å². The van der Waals surface area contributed by atoms with Crippen LogP contribution in [-0.4, -0.2) is 65.8 Å². The minimum atomic E-state index is -2.14. The van der Waals surface area contributed by atoms with Crippen LogP contribution in [0.5, 0.6) is 11.5 Å². The summed E-state index contributed by atoms with van der Waals surface area (Å²) in [5.74, 6) is 2.20. The SMILES string of the molecule is CCCCCCOc1cccc(OCC/C=C(/OC2CCCCO2)[C@@H]2[C@H](CC=O)[C@H](O[Si](C)(C)C(C)(C)C)C[C@@H]2OC2CCCCO2)c1. The molecule has 0 aromatic heterocycles. The zero-order valence-corrected chi connectivity index (χ0v) is 31.7. The molecule has 1 saturated carbocycles. The van der Waals surface area contributed by atoms with Crippen molar-refractivity contribution in [1.82, 2.24) is 0 Å². The summed E-state index contributed by atoms with van der Waals surface area (Å²) in [6.07, 6.45) is 14.6. The predicted molar refractivity (Wildman–Crippen MR) is 192 cm³/mol. The lowest BCUT2D eigenvalue weighted by molar-refractivity contribution is -0.201. The van der Waals surface area contributed by atoms with Gasteiger partial charge in [-0.15, -0.1) is 0 Å². The minimum Gasteiger partial charge on any atom is -0.493 e. The van der Waals surface area contributed by atoms with Gasteiger partial charge in [0, 0.05) is 43.8 Å². The molecular formula is C39H64O8Si. The number of unbranched alkanes of at least 4 members (excludes halogenated alkanes) is 3. The van der Waals surface area contributed by atoms with Crippen molar-refractivity contribution in [3.63, 3.8) is 0 Å². The summed E-state index contributed by atoms with van der Waals surface area (Å²) >= 11 is 0. The van der Waals surface area contributed by atoms with Gasteiger partial charge in [-0.2, -0.15) is 0 Å². The van der Waals surface area contributed by atoms with E-state index in [-0.39, 0.29) is 41.7 Å². The van der Waals surface area contributed by atoms with Gasteiger partial charge in [-0.3, -0.25) is 0 Å². The second kappa shape index (κ2) is 19.5. The van der Waals surface area contributed by atoms with Crippen LogP contribution >= 0.6 is 0 Å². The standard InChI is InChI=1S/C39H64O8Si/c1-7-8-9-12-24-41-30-17-15-18-31(28-30)42-27-16-19-33(45-36-20-10-13-25-43-36)38-32(22-23-40)34(47-48(5,6)39(2,3)4)29-35(38)46-37-21-11-14-26-44-37/h15,17-19,23,28,32,34-38H,7-14,16,20-22,24-27,29H2,1-6H3/b33-19+/t32-,34-,35+,36?,37?,38+/m1/s1. The number of aldehydes is 1. The predicted octanol–water partition coefficient (Wildman–Crippen LogP) is 9.37. The monoisotopic (exact) mass is 688 g/mol. The zero-order valence-electron chi connectivity index (χ0n) is 30.7. The van der Waals surface area contributed by atoms with Crippen LogP contribution in [0.3, 0.4) is 0 Å². The summed E-state index contributed by atoms with van der Waals surface area (Å²) in [5, 5.41) is 0.0412. The first-order chi connectivity index (χ1) is 23.1. The van der Waals surface area contributed by atoms with Gasteiger partial charge in [0.2, 0.25) is 0 Å². The average Bonchev–Trinajstić information content (AvgIpc) is 3.38. The molecule has 0 radical (unpaired) electrons. The van der Waals surface area contributed by atoms with E-state index < -0.39 is 8.32 Å². The third-order valence-corrected chi connectivity index (χ3v) is 14.9. The van der Waals surface area contributed by atoms with Crippen LogP contribution in [-0.2, 0) is 28.2 Å². The quantitative estimate of drug-likeness (QED) is 0.0616. The third-order valence-electron chi connectivity index (χ3n) is 10.4. The Morgan fingerprint density at radius 3 is 2.23 bits per heavy atom. The number of carbonyl (C=O) groups excluding carboxylic acids is 1. The van der Waals surface area contributed by atoms with Crippen molar-refractivity contribution in [2.24, 2.45) is 11.8 Å². The molecule has 1 aromatic rings. The van der Waals surface area contributed by atoms with Crippen molar-refractivity contribution in [2.75, 3.05) is 26.4 Å². The second-order valence-corrected chi connectivity index (χ2v) is 20.0. The zero-order chi connectivity index (χ0) is 34.4. The Morgan fingerprint density at radius 1 is 0.917 bits per heavy atom. The fourth-order valence-electron chi connectivity index (χ4n) is 6.67. The molecule has 8 nitrogen and oxygen atoms in total. The molecule has 1 aromatic carbocycles. The fourth-order valence-corrected chi connectivity index (χ4v) is 8.06. The highest BCUT2D eigenvalue weighted by molar-refractivity contribution is 6.74. The molecule has 0 N–H and O–H groups in total. The summed E-state index contributed by atoms with van der Waals surface area (Å²) in [6.45, 7) is 16.1. The van der Waals surface area contributed by atoms with Crippen LogP contribution in [0.2, 0.25) is 18.1 Å². The van der Waals surface area contributed by atoms with Gasteiger partial charge >= 0.3 is 0 Å². The van der Waals surface area contributed by atoms with Crippen LogP contribution in [0.15, 0.2) is 36.1 Å². The highest BCUT2D eigenvalue weighted by Gasteiger charge is 2.51. The number of hydrogen-bond acceptors (Lipinski definition) is 8. The van der Waals surface area contributed by atoms with Crippen LogP contribution < -0.4 is 9.47 Å². The molecule has 9 heteroatoms. The maximum Gasteiger partial charge on any atom is 0.199 e. The van der Waals surface area contributed by atoms with E-state index in [0.29, 0.717) is 39.1 Å².